The molecule has 23 nitrogen and oxygen atoms in total. The lowest BCUT2D eigenvalue weighted by atomic mass is 10.1. The molecule has 144 heavy (non-hydrogen) atoms. The van der Waals surface area contributed by atoms with Crippen LogP contribution in [0.4, 0.5) is 17.2 Å². The van der Waals surface area contributed by atoms with Crippen LogP contribution in [-0.4, -0.2) is 71.4 Å². The molecule has 0 aliphatic rings. The highest BCUT2D eigenvalue weighted by Gasteiger charge is 2.26. The Kier molecular flexibility index (Phi) is 20.0. The molecule has 15 heterocycles. The number of nitrogens with zero attached hydrogens (tertiary/aromatic N) is 23. The fraction of sp³-hybridized carbons (Fsp3) is 0. The number of aromatic nitrogens is 15. The molecule has 0 atom stereocenters. The first-order valence-electron chi connectivity index (χ1n) is 45.9. The Hall–Kier alpha value is -21.8. The van der Waals surface area contributed by atoms with Crippen LogP contribution in [-0.2, 0) is 0 Å². The maximum absolute atomic E-state index is 10.0. The SMILES string of the molecule is N#Cc1cc(-n2c3ccccc3c3ccncc32)cc(-n2c3ccccc3c3ccncc32)c1.[C-]#[N+]c1cc2c3ccccc3n(-c3cccc(-n4c5ccccc5c5cc(C#N)ncc54)n3)c2cn1.[C-]#[N+]c1ccc2c(c1)c1ccccc1n2-c1cc(C#N)cc(-n2c3ccccc3c3cc(C#N)ncc32)c1.[C-]#[N+]c1ccc2c(c1)c1ccccc1n2-c1cc(C#N)cc(-n2c3ccccc3c3ccncc32)c1. The lowest BCUT2D eigenvalue weighted by Crippen LogP contribution is -2.03. The predicted molar refractivity (Wildman–Crippen MR) is 567 cm³/mol. The van der Waals surface area contributed by atoms with Gasteiger partial charge in [0.05, 0.1) is 167 Å². The van der Waals surface area contributed by atoms with Crippen LogP contribution in [0.2, 0.25) is 0 Å². The summed E-state index contributed by atoms with van der Waals surface area (Å²) in [5.41, 5.74) is 24.7. The van der Waals surface area contributed by atoms with Crippen LogP contribution >= 0.6 is 0 Å². The first-order valence-corrected chi connectivity index (χ1v) is 45.9. The summed E-state index contributed by atoms with van der Waals surface area (Å²) in [6.45, 7) is 22.3. The third-order valence-corrected chi connectivity index (χ3v) is 26.8. The molecule has 0 aliphatic heterocycles. The van der Waals surface area contributed by atoms with Crippen molar-refractivity contribution in [1.29, 1.82) is 26.3 Å². The number of nitriles is 5. The van der Waals surface area contributed by atoms with Gasteiger partial charge >= 0.3 is 0 Å². The standard InChI is InChI=1S/C32H16N6.C31H17N5.C29H15N7.C29H17N5/c1-35-21-10-11-31-27(14-21)25-6-2-4-8-29(25)37(31)23-12-20(17-33)13-24(16-23)38-30-9-5-3-7-26(30)28-15-22(18-34)36-19-32(28)38;1-33-21-10-11-30-27(16-21)25-7-3-5-9-29(25)35(30)22-14-20(18-32)15-23(17-22)36-28-8-4-2-6-24(28)26-12-13-34-19-31(26)36;1-31-27-14-22-20-8-3-5-10-24(20)36(26(22)17-33-27)29-12-6-11-28(34-29)35-23-9-4-2-7-19(23)21-13-18(15-30)32-16-25(21)35;30-16-19-13-20(33-26-7-3-1-5-22(26)24-9-11-31-17-28(24)33)15-21(14-19)34-27-8-4-2-6-23(27)25-10-12-32-18-29(25)34/h2-16,19H;2-17,19H;2-14,16-17H;1-15,17-18H. The fourth-order valence-electron chi connectivity index (χ4n) is 20.9. The van der Waals surface area contributed by atoms with Crippen molar-refractivity contribution in [3.8, 4) is 76.1 Å². The zero-order valence-electron chi connectivity index (χ0n) is 75.8. The van der Waals surface area contributed by atoms with Gasteiger partial charge in [0.15, 0.2) is 11.4 Å². The summed E-state index contributed by atoms with van der Waals surface area (Å²) in [7, 11) is 0. The van der Waals surface area contributed by atoms with Crippen LogP contribution < -0.4 is 0 Å². The van der Waals surface area contributed by atoms with Crippen LogP contribution in [0.25, 0.3) is 235 Å². The van der Waals surface area contributed by atoms with Crippen molar-refractivity contribution in [3.63, 3.8) is 0 Å². The first kappa shape index (κ1) is 84.0. The van der Waals surface area contributed by atoms with Gasteiger partial charge in [-0.3, -0.25) is 24.1 Å². The van der Waals surface area contributed by atoms with Gasteiger partial charge in [-0.15, -0.1) is 4.98 Å². The molecule has 0 saturated carbocycles. The second-order valence-electron chi connectivity index (χ2n) is 34.6. The summed E-state index contributed by atoms with van der Waals surface area (Å²) >= 11 is 0. The summed E-state index contributed by atoms with van der Waals surface area (Å²) in [6, 6.07) is 124. The van der Waals surface area contributed by atoms with Crippen molar-refractivity contribution in [1.82, 2.24) is 71.4 Å². The molecule has 0 saturated heterocycles. The second-order valence-corrected chi connectivity index (χ2v) is 34.6. The van der Waals surface area contributed by atoms with Crippen molar-refractivity contribution < 1.29 is 0 Å². The Morgan fingerprint density at radius 2 is 0.451 bits per heavy atom. The van der Waals surface area contributed by atoms with Gasteiger partial charge in [-0.2, -0.15) is 26.3 Å². The molecule has 664 valence electrons. The molecule has 28 rings (SSSR count). The first-order chi connectivity index (χ1) is 71.1. The van der Waals surface area contributed by atoms with Crippen LogP contribution in [0.1, 0.15) is 28.1 Å². The van der Waals surface area contributed by atoms with Gasteiger partial charge in [-0.05, 0) is 187 Å². The highest BCUT2D eigenvalue weighted by molar-refractivity contribution is 6.17. The lowest BCUT2D eigenvalue weighted by molar-refractivity contribution is 1.01. The molecule has 0 amide bonds. The summed E-state index contributed by atoms with van der Waals surface area (Å²) < 4.78 is 17.1. The molecule has 0 spiro atoms. The number of rotatable bonds is 8. The highest BCUT2D eigenvalue weighted by atomic mass is 15.1. The minimum atomic E-state index is 0.357. The van der Waals surface area contributed by atoms with Crippen LogP contribution in [0.3, 0.4) is 0 Å². The van der Waals surface area contributed by atoms with E-state index in [1.165, 1.54) is 0 Å². The van der Waals surface area contributed by atoms with E-state index in [2.05, 4.69) is 214 Å². The quantitative estimate of drug-likeness (QED) is 0.129. The molecule has 0 aliphatic carbocycles. The molecule has 28 aromatic rings. The van der Waals surface area contributed by atoms with E-state index in [1.54, 1.807) is 18.6 Å². The highest BCUT2D eigenvalue weighted by Crippen LogP contribution is 2.44. The lowest BCUT2D eigenvalue weighted by Gasteiger charge is -2.13. The molecule has 0 unspecified atom stereocenters. The molecule has 0 radical (unpaired) electrons. The van der Waals surface area contributed by atoms with Gasteiger partial charge in [0.25, 0.3) is 5.82 Å². The Labute approximate surface area is 818 Å². The van der Waals surface area contributed by atoms with Crippen LogP contribution in [0.5, 0.6) is 0 Å². The summed E-state index contributed by atoms with van der Waals surface area (Å²) in [5.74, 6) is 1.84. The molecule has 0 bridgehead atoms. The molecule has 0 fully saturated rings. The average Bonchev–Trinajstić information content (AvgIpc) is 1.58. The minimum Gasteiger partial charge on any atom is -0.361 e. The number of fused-ring (bicyclic) bond motifs is 24. The predicted octanol–water partition coefficient (Wildman–Crippen LogP) is 28.3. The topological polar surface area (TPSA) is 262 Å². The maximum Gasteiger partial charge on any atom is 0.270 e. The molecule has 0 N–H and O–H groups in total. The monoisotopic (exact) mass is 1840 g/mol. The Morgan fingerprint density at radius 1 is 0.201 bits per heavy atom. The van der Waals surface area contributed by atoms with E-state index in [0.717, 1.165) is 220 Å². The van der Waals surface area contributed by atoms with Crippen LogP contribution in [0.15, 0.2) is 395 Å². The number of hydrogen-bond donors (Lipinski definition) is 0. The zero-order valence-corrected chi connectivity index (χ0v) is 75.8. The van der Waals surface area contributed by atoms with Gasteiger partial charge in [0.1, 0.15) is 41.4 Å². The van der Waals surface area contributed by atoms with E-state index in [4.69, 9.17) is 24.7 Å². The number of pyridine rings is 7. The molecular weight excluding hydrogens is 1780 g/mol. The van der Waals surface area contributed by atoms with E-state index in [9.17, 15) is 26.3 Å². The van der Waals surface area contributed by atoms with E-state index in [1.807, 2.05) is 274 Å². The summed E-state index contributed by atoms with van der Waals surface area (Å²) in [6.07, 6.45) is 16.3. The molecule has 15 aromatic heterocycles. The van der Waals surface area contributed by atoms with Crippen molar-refractivity contribution in [2.75, 3.05) is 0 Å². The van der Waals surface area contributed by atoms with Crippen LogP contribution in [0, 0.1) is 76.4 Å². The smallest absolute Gasteiger partial charge is 0.270 e. The van der Waals surface area contributed by atoms with Gasteiger partial charge < -0.3 is 32.2 Å². The summed E-state index contributed by atoms with van der Waals surface area (Å²) in [5, 5.41) is 65.7. The Morgan fingerprint density at radius 3 is 0.750 bits per heavy atom. The van der Waals surface area contributed by atoms with Gasteiger partial charge in [-0.25, -0.2) is 24.6 Å². The summed E-state index contributed by atoms with van der Waals surface area (Å²) in [4.78, 5) is 42.0. The third kappa shape index (κ3) is 13.6. The fourth-order valence-corrected chi connectivity index (χ4v) is 20.9. The number of hydrogen-bond acceptors (Lipinski definition) is 12. The van der Waals surface area contributed by atoms with E-state index in [0.29, 0.717) is 45.3 Å². The number of para-hydroxylation sites is 8. The zero-order chi connectivity index (χ0) is 96.9. The van der Waals surface area contributed by atoms with Gasteiger partial charge in [-0.1, -0.05) is 170 Å². The van der Waals surface area contributed by atoms with E-state index >= 15 is 0 Å². The Bertz CT molecular complexity index is 10200. The minimum absolute atomic E-state index is 0.357. The van der Waals surface area contributed by atoms with Crippen molar-refractivity contribution in [2.45, 2.75) is 0 Å². The number of benzene rings is 13. The van der Waals surface area contributed by atoms with Crippen molar-refractivity contribution in [3.05, 3.63) is 458 Å². The molecular formula is C121H65N23. The molecule has 23 heteroatoms. The maximum atomic E-state index is 10.0. The van der Waals surface area contributed by atoms with Gasteiger partial charge in [0, 0.05) is 128 Å². The van der Waals surface area contributed by atoms with E-state index in [-0.39, 0.29) is 0 Å². The largest absolute Gasteiger partial charge is 0.361 e. The second kappa shape index (κ2) is 34.2. The third-order valence-electron chi connectivity index (χ3n) is 26.8. The van der Waals surface area contributed by atoms with Gasteiger partial charge in [0.2, 0.25) is 0 Å². The van der Waals surface area contributed by atoms with Crippen molar-refractivity contribution in [2.24, 2.45) is 0 Å². The normalized spacial score (nSPS) is 11.3. The average molecular weight is 1840 g/mol. The van der Waals surface area contributed by atoms with Crippen molar-refractivity contribution >= 4 is 192 Å². The Balaban J connectivity index is 0.000000101. The molecule has 13 aromatic carbocycles. The van der Waals surface area contributed by atoms with E-state index < -0.39 is 0 Å².